The smallest absolute Gasteiger partial charge is 0.327 e. The van der Waals surface area contributed by atoms with Crippen LogP contribution in [0.4, 0.5) is 0 Å². The molecule has 0 radical (unpaired) electrons. The highest BCUT2D eigenvalue weighted by atomic mass is 16.5. The Morgan fingerprint density at radius 3 is 2.72 bits per heavy atom. The predicted octanol–water partition coefficient (Wildman–Crippen LogP) is 1.97. The number of nitrogens with one attached hydrogen (secondary N) is 1. The maximum absolute atomic E-state index is 12.7. The highest BCUT2D eigenvalue weighted by Crippen LogP contribution is 2.33. The number of imidazole rings is 1. The normalized spacial score (nSPS) is 19.5. The van der Waals surface area contributed by atoms with E-state index in [9.17, 15) is 14.7 Å². The first-order chi connectivity index (χ1) is 14.0. The van der Waals surface area contributed by atoms with Gasteiger partial charge in [-0.1, -0.05) is 12.1 Å². The van der Waals surface area contributed by atoms with Gasteiger partial charge in [0, 0.05) is 25.3 Å². The molecule has 0 aliphatic heterocycles. The fourth-order valence-corrected chi connectivity index (χ4v) is 4.10. The highest BCUT2D eigenvalue weighted by molar-refractivity contribution is 6.01. The number of benzene rings is 1. The molecule has 4 rings (SSSR count). The number of phenolic OH excluding ortho intramolecular Hbond substituents is 1. The van der Waals surface area contributed by atoms with Crippen LogP contribution in [0, 0.1) is 5.92 Å². The number of amides is 1. The second-order valence-electron chi connectivity index (χ2n) is 7.44. The minimum absolute atomic E-state index is 0.0305. The van der Waals surface area contributed by atoms with Crippen molar-refractivity contribution in [3.63, 3.8) is 0 Å². The zero-order chi connectivity index (χ0) is 20.5. The number of nitrogens with two attached hydrogens (primary N) is 1. The predicted molar refractivity (Wildman–Crippen MR) is 107 cm³/mol. The quantitative estimate of drug-likeness (QED) is 0.602. The summed E-state index contributed by atoms with van der Waals surface area (Å²) in [5.74, 6) is 0.00425. The van der Waals surface area contributed by atoms with E-state index in [1.165, 1.54) is 12.1 Å². The van der Waals surface area contributed by atoms with E-state index in [4.69, 9.17) is 10.5 Å². The average molecular weight is 397 g/mol. The number of aromatic nitrogens is 4. The number of H-pyrrole nitrogens is 1. The molecule has 2 heterocycles. The van der Waals surface area contributed by atoms with Gasteiger partial charge in [0.05, 0.1) is 0 Å². The van der Waals surface area contributed by atoms with Crippen molar-refractivity contribution in [3.8, 4) is 17.1 Å². The van der Waals surface area contributed by atoms with E-state index in [0.29, 0.717) is 23.7 Å². The van der Waals surface area contributed by atoms with E-state index in [-0.39, 0.29) is 34.5 Å². The summed E-state index contributed by atoms with van der Waals surface area (Å²) in [7, 11) is 1.70. The van der Waals surface area contributed by atoms with Gasteiger partial charge in [0.15, 0.2) is 17.2 Å². The van der Waals surface area contributed by atoms with Crippen molar-refractivity contribution in [1.82, 2.24) is 19.5 Å². The van der Waals surface area contributed by atoms with Crippen LogP contribution in [0.3, 0.4) is 0 Å². The lowest BCUT2D eigenvalue weighted by Crippen LogP contribution is -2.27. The van der Waals surface area contributed by atoms with Gasteiger partial charge in [-0.25, -0.2) is 14.8 Å². The Hall–Kier alpha value is -3.20. The molecule has 2 aromatic heterocycles. The lowest BCUT2D eigenvalue weighted by atomic mass is 9.86. The number of aromatic amines is 1. The average Bonchev–Trinajstić information content (AvgIpc) is 3.03. The molecular weight excluding hydrogens is 374 g/mol. The number of nitrogens with zero attached hydrogens (tertiary/aromatic N) is 3. The molecule has 1 fully saturated rings. The molecule has 0 saturated heterocycles. The molecule has 152 valence electrons. The number of ether oxygens (including phenoxy) is 1. The highest BCUT2D eigenvalue weighted by Gasteiger charge is 2.27. The SMILES string of the molecule is COCC1CCC(n2c(=O)[nH]c3c(C(N)=O)nc(-c4cccc(O)c4)nc32)CC1. The topological polar surface area (TPSA) is 136 Å². The number of phenols is 1. The molecular formula is C20H23N5O4. The Morgan fingerprint density at radius 1 is 1.31 bits per heavy atom. The van der Waals surface area contributed by atoms with E-state index < -0.39 is 5.91 Å². The van der Waals surface area contributed by atoms with Gasteiger partial charge in [-0.15, -0.1) is 0 Å². The molecule has 1 amide bonds. The lowest BCUT2D eigenvalue weighted by Gasteiger charge is -2.28. The number of hydrogen-bond acceptors (Lipinski definition) is 6. The van der Waals surface area contributed by atoms with Crippen molar-refractivity contribution in [1.29, 1.82) is 0 Å². The first kappa shape index (κ1) is 19.1. The summed E-state index contributed by atoms with van der Waals surface area (Å²) >= 11 is 0. The molecule has 0 atom stereocenters. The van der Waals surface area contributed by atoms with Crippen LogP contribution in [-0.2, 0) is 4.74 Å². The summed E-state index contributed by atoms with van der Waals surface area (Å²) in [6, 6.07) is 6.37. The minimum atomic E-state index is -0.754. The summed E-state index contributed by atoms with van der Waals surface area (Å²) < 4.78 is 6.86. The summed E-state index contributed by atoms with van der Waals surface area (Å²) in [6.45, 7) is 0.713. The van der Waals surface area contributed by atoms with E-state index in [1.807, 2.05) is 0 Å². The van der Waals surface area contributed by atoms with E-state index in [1.54, 1.807) is 23.8 Å². The number of carbonyl (C=O) groups is 1. The maximum atomic E-state index is 12.7. The van der Waals surface area contributed by atoms with Crippen molar-refractivity contribution in [2.75, 3.05) is 13.7 Å². The van der Waals surface area contributed by atoms with Gasteiger partial charge < -0.3 is 20.6 Å². The summed E-state index contributed by atoms with van der Waals surface area (Å²) in [4.78, 5) is 36.3. The first-order valence-electron chi connectivity index (χ1n) is 9.58. The third-order valence-corrected chi connectivity index (χ3v) is 5.49. The maximum Gasteiger partial charge on any atom is 0.327 e. The van der Waals surface area contributed by atoms with Crippen LogP contribution in [0.25, 0.3) is 22.6 Å². The third-order valence-electron chi connectivity index (χ3n) is 5.49. The molecule has 1 aliphatic carbocycles. The van der Waals surface area contributed by atoms with Crippen LogP contribution in [0.15, 0.2) is 29.1 Å². The van der Waals surface area contributed by atoms with Crippen molar-refractivity contribution in [2.24, 2.45) is 11.7 Å². The summed E-state index contributed by atoms with van der Waals surface area (Å²) in [5.41, 5.74) is 6.27. The third kappa shape index (κ3) is 3.61. The Morgan fingerprint density at radius 2 is 2.07 bits per heavy atom. The summed E-state index contributed by atoms with van der Waals surface area (Å²) in [5, 5.41) is 9.78. The standard InChI is InChI=1S/C20H23N5O4/c1-29-10-11-5-7-13(8-6-11)25-19-16(23-20(25)28)15(17(21)27)22-18(24-19)12-3-2-4-14(26)9-12/h2-4,9,11,13,26H,5-8,10H2,1H3,(H2,21,27)(H,23,28). The van der Waals surface area contributed by atoms with Gasteiger partial charge >= 0.3 is 5.69 Å². The number of hydrogen-bond donors (Lipinski definition) is 3. The number of fused-ring (bicyclic) bond motifs is 1. The molecule has 3 aromatic rings. The van der Waals surface area contributed by atoms with Crippen LogP contribution in [0.1, 0.15) is 42.2 Å². The Balaban J connectivity index is 1.83. The fraction of sp³-hybridized carbons (Fsp3) is 0.400. The molecule has 0 bridgehead atoms. The van der Waals surface area contributed by atoms with Gasteiger partial charge in [0.2, 0.25) is 0 Å². The molecule has 1 aliphatic rings. The molecule has 29 heavy (non-hydrogen) atoms. The molecule has 9 heteroatoms. The van der Waals surface area contributed by atoms with Crippen molar-refractivity contribution in [3.05, 3.63) is 40.4 Å². The minimum Gasteiger partial charge on any atom is -0.508 e. The van der Waals surface area contributed by atoms with Crippen molar-refractivity contribution < 1.29 is 14.6 Å². The zero-order valence-corrected chi connectivity index (χ0v) is 16.1. The molecule has 1 saturated carbocycles. The molecule has 0 spiro atoms. The van der Waals surface area contributed by atoms with Crippen molar-refractivity contribution in [2.45, 2.75) is 31.7 Å². The van der Waals surface area contributed by atoms with Gasteiger partial charge in [-0.2, -0.15) is 0 Å². The molecule has 4 N–H and O–H groups in total. The summed E-state index contributed by atoms with van der Waals surface area (Å²) in [6.07, 6.45) is 3.53. The van der Waals surface area contributed by atoms with Crippen LogP contribution in [-0.4, -0.2) is 44.2 Å². The fourth-order valence-electron chi connectivity index (χ4n) is 4.10. The van der Waals surface area contributed by atoms with E-state index >= 15 is 0 Å². The first-order valence-corrected chi connectivity index (χ1v) is 9.58. The monoisotopic (exact) mass is 397 g/mol. The number of aromatic hydroxyl groups is 1. The zero-order valence-electron chi connectivity index (χ0n) is 16.1. The second-order valence-corrected chi connectivity index (χ2v) is 7.44. The molecule has 1 aromatic carbocycles. The Bertz CT molecular complexity index is 1110. The molecule has 9 nitrogen and oxygen atoms in total. The van der Waals surface area contributed by atoms with Gasteiger partial charge in [-0.3, -0.25) is 9.36 Å². The van der Waals surface area contributed by atoms with Gasteiger partial charge in [-0.05, 0) is 43.7 Å². The van der Waals surface area contributed by atoms with Crippen LogP contribution in [0.5, 0.6) is 5.75 Å². The largest absolute Gasteiger partial charge is 0.508 e. The van der Waals surface area contributed by atoms with E-state index in [2.05, 4.69) is 15.0 Å². The van der Waals surface area contributed by atoms with Crippen LogP contribution in [0.2, 0.25) is 0 Å². The number of rotatable bonds is 5. The van der Waals surface area contributed by atoms with Crippen molar-refractivity contribution >= 4 is 17.1 Å². The van der Waals surface area contributed by atoms with Crippen LogP contribution < -0.4 is 11.4 Å². The lowest BCUT2D eigenvalue weighted by molar-refractivity contribution is 0.0997. The second kappa shape index (κ2) is 7.67. The Labute approximate surface area is 166 Å². The Kier molecular flexibility index (Phi) is 5.06. The number of carbonyl (C=O) groups excluding carboxylic acids is 1. The molecule has 0 unspecified atom stereocenters. The van der Waals surface area contributed by atoms with E-state index in [0.717, 1.165) is 25.7 Å². The van der Waals surface area contributed by atoms with Gasteiger partial charge in [0.25, 0.3) is 5.91 Å². The van der Waals surface area contributed by atoms with Gasteiger partial charge in [0.1, 0.15) is 11.3 Å². The van der Waals surface area contributed by atoms with Crippen LogP contribution >= 0.6 is 0 Å². The number of primary amides is 1. The number of methoxy groups -OCH3 is 1.